The lowest BCUT2D eigenvalue weighted by Crippen LogP contribution is -2.23. The van der Waals surface area contributed by atoms with Gasteiger partial charge in [-0.15, -0.1) is 0 Å². The molecule has 0 aromatic rings. The average Bonchev–Trinajstić information content (AvgIpc) is 2.86. The van der Waals surface area contributed by atoms with Crippen LogP contribution >= 0.6 is 0 Å². The first-order chi connectivity index (χ1) is 12.4. The van der Waals surface area contributed by atoms with Gasteiger partial charge in [0.25, 0.3) is 0 Å². The van der Waals surface area contributed by atoms with Crippen LogP contribution in [-0.2, 0) is 14.4 Å². The maximum Gasteiger partial charge on any atom is 0.303 e. The van der Waals surface area contributed by atoms with Gasteiger partial charge in [-0.25, -0.2) is 4.39 Å². The van der Waals surface area contributed by atoms with Gasteiger partial charge in [-0.1, -0.05) is 31.9 Å². The molecule has 2 N–H and O–H groups in total. The lowest BCUT2D eigenvalue weighted by molar-refractivity contribution is -0.137. The normalized spacial score (nSPS) is 24.3. The number of aliphatic carboxylic acids is 1. The van der Waals surface area contributed by atoms with Crippen molar-refractivity contribution in [2.75, 3.05) is 0 Å². The van der Waals surface area contributed by atoms with Crippen molar-refractivity contribution in [2.24, 2.45) is 11.8 Å². The van der Waals surface area contributed by atoms with Crippen molar-refractivity contribution >= 4 is 17.5 Å². The Morgan fingerprint density at radius 2 is 2.00 bits per heavy atom. The van der Waals surface area contributed by atoms with Gasteiger partial charge in [-0.05, 0) is 38.0 Å². The van der Waals surface area contributed by atoms with Crippen LogP contribution < -0.4 is 0 Å². The number of carboxylic acid groups (broad SMARTS) is 1. The van der Waals surface area contributed by atoms with Crippen LogP contribution in [-0.4, -0.2) is 40.0 Å². The summed E-state index contributed by atoms with van der Waals surface area (Å²) < 4.78 is 13.8. The van der Waals surface area contributed by atoms with Gasteiger partial charge in [0.1, 0.15) is 5.78 Å². The fourth-order valence-corrected chi connectivity index (χ4v) is 3.46. The number of rotatable bonds is 13. The number of ketones is 2. The molecule has 1 aliphatic rings. The van der Waals surface area contributed by atoms with E-state index < -0.39 is 24.0 Å². The summed E-state index contributed by atoms with van der Waals surface area (Å²) in [5.74, 6) is -1.95. The van der Waals surface area contributed by atoms with Crippen LogP contribution in [0.1, 0.15) is 71.1 Å². The quantitative estimate of drug-likeness (QED) is 0.381. The number of alkyl halides is 1. The number of halogens is 1. The molecule has 0 saturated heterocycles. The largest absolute Gasteiger partial charge is 0.481 e. The van der Waals surface area contributed by atoms with Crippen LogP contribution in [0.2, 0.25) is 0 Å². The highest BCUT2D eigenvalue weighted by Gasteiger charge is 2.40. The zero-order valence-electron chi connectivity index (χ0n) is 15.5. The maximum absolute atomic E-state index is 13.8. The van der Waals surface area contributed by atoms with E-state index in [9.17, 15) is 23.9 Å². The highest BCUT2D eigenvalue weighted by molar-refractivity contribution is 5.85. The summed E-state index contributed by atoms with van der Waals surface area (Å²) in [6.45, 7) is 1.94. The fraction of sp³-hybridized carbons (Fsp3) is 0.750. The zero-order valence-corrected chi connectivity index (χ0v) is 15.5. The van der Waals surface area contributed by atoms with Crippen molar-refractivity contribution < 1.29 is 29.0 Å². The smallest absolute Gasteiger partial charge is 0.303 e. The second kappa shape index (κ2) is 11.9. The Morgan fingerprint density at radius 1 is 1.27 bits per heavy atom. The van der Waals surface area contributed by atoms with E-state index in [1.54, 1.807) is 0 Å². The Morgan fingerprint density at radius 3 is 2.65 bits per heavy atom. The summed E-state index contributed by atoms with van der Waals surface area (Å²) in [4.78, 5) is 34.4. The van der Waals surface area contributed by atoms with E-state index >= 15 is 0 Å². The van der Waals surface area contributed by atoms with Crippen LogP contribution in [0.4, 0.5) is 4.39 Å². The Hall–Kier alpha value is -1.56. The molecule has 0 aliphatic heterocycles. The number of carbonyl (C=O) groups excluding carboxylic acids is 2. The highest BCUT2D eigenvalue weighted by Crippen LogP contribution is 2.35. The molecule has 0 amide bonds. The predicted molar refractivity (Wildman–Crippen MR) is 96.5 cm³/mol. The van der Waals surface area contributed by atoms with Gasteiger partial charge in [-0.3, -0.25) is 14.4 Å². The van der Waals surface area contributed by atoms with E-state index in [-0.39, 0.29) is 43.3 Å². The molecule has 148 valence electrons. The van der Waals surface area contributed by atoms with Crippen molar-refractivity contribution in [2.45, 2.75) is 83.4 Å². The molecule has 0 aromatic heterocycles. The van der Waals surface area contributed by atoms with Gasteiger partial charge in [0.15, 0.2) is 12.0 Å². The maximum atomic E-state index is 13.8. The molecule has 1 rings (SSSR count). The van der Waals surface area contributed by atoms with Crippen molar-refractivity contribution in [3.8, 4) is 0 Å². The molecule has 0 bridgehead atoms. The number of carboxylic acids is 1. The van der Waals surface area contributed by atoms with E-state index in [0.29, 0.717) is 32.1 Å². The molecule has 4 atom stereocenters. The fourth-order valence-electron chi connectivity index (χ4n) is 3.46. The van der Waals surface area contributed by atoms with Gasteiger partial charge in [0.2, 0.25) is 0 Å². The second-order valence-electron chi connectivity index (χ2n) is 7.12. The van der Waals surface area contributed by atoms with Crippen molar-refractivity contribution in [3.63, 3.8) is 0 Å². The highest BCUT2D eigenvalue weighted by atomic mass is 19.1. The monoisotopic (exact) mass is 370 g/mol. The Bertz CT molecular complexity index is 502. The minimum absolute atomic E-state index is 0.0204. The number of unbranched alkanes of at least 4 members (excludes halogenated alkanes) is 2. The average molecular weight is 370 g/mol. The van der Waals surface area contributed by atoms with Crippen LogP contribution in [0.25, 0.3) is 0 Å². The third-order valence-electron chi connectivity index (χ3n) is 5.04. The minimum atomic E-state index is -1.45. The third-order valence-corrected chi connectivity index (χ3v) is 5.04. The lowest BCUT2D eigenvalue weighted by Gasteiger charge is -2.20. The molecule has 0 aromatic carbocycles. The van der Waals surface area contributed by atoms with E-state index in [1.807, 2.05) is 19.1 Å². The summed E-state index contributed by atoms with van der Waals surface area (Å²) in [6, 6.07) is 0. The van der Waals surface area contributed by atoms with E-state index in [4.69, 9.17) is 5.11 Å². The number of aliphatic hydroxyl groups is 1. The van der Waals surface area contributed by atoms with Gasteiger partial charge in [-0.2, -0.15) is 0 Å². The summed E-state index contributed by atoms with van der Waals surface area (Å²) in [7, 11) is 0. The van der Waals surface area contributed by atoms with Gasteiger partial charge in [0, 0.05) is 25.2 Å². The number of hydrogen-bond donors (Lipinski definition) is 2. The molecule has 0 radical (unpaired) electrons. The van der Waals surface area contributed by atoms with E-state index in [2.05, 4.69) is 0 Å². The topological polar surface area (TPSA) is 91.7 Å². The van der Waals surface area contributed by atoms with Crippen molar-refractivity contribution in [3.05, 3.63) is 12.2 Å². The van der Waals surface area contributed by atoms with Crippen LogP contribution in [0.3, 0.4) is 0 Å². The van der Waals surface area contributed by atoms with Gasteiger partial charge in [0.05, 0.1) is 6.10 Å². The Labute approximate surface area is 154 Å². The predicted octanol–water partition coefficient (Wildman–Crippen LogP) is 3.63. The van der Waals surface area contributed by atoms with Crippen LogP contribution in [0, 0.1) is 11.8 Å². The lowest BCUT2D eigenvalue weighted by atomic mass is 9.86. The molecular formula is C20H31FO5. The molecule has 1 fully saturated rings. The standard InChI is InChI=1S/C20H31FO5/c1-2-3-9-16(21)17(22)12-11-15-14(18(23)13-19(15)24)8-6-4-5-7-10-20(25)26/h4,6,14-16,19,24H,2-3,5,7-13H2,1H3,(H,25,26)/b6-4-/t14?,15-,16?,19?/m1/s1. The summed E-state index contributed by atoms with van der Waals surface area (Å²) in [5.41, 5.74) is 0. The molecule has 3 unspecified atom stereocenters. The number of Topliss-reactive ketones (excluding diaryl/α,β-unsaturated/α-hetero) is 2. The molecule has 5 nitrogen and oxygen atoms in total. The first-order valence-electron chi connectivity index (χ1n) is 9.61. The molecule has 26 heavy (non-hydrogen) atoms. The van der Waals surface area contributed by atoms with Crippen LogP contribution in [0.5, 0.6) is 0 Å². The number of allylic oxidation sites excluding steroid dienone is 2. The number of carbonyl (C=O) groups is 3. The molecule has 1 aliphatic carbocycles. The first kappa shape index (κ1) is 22.5. The second-order valence-corrected chi connectivity index (χ2v) is 7.12. The Kier molecular flexibility index (Phi) is 10.3. The molecule has 1 saturated carbocycles. The molecular weight excluding hydrogens is 339 g/mol. The SMILES string of the molecule is CCCCC(F)C(=O)CC[C@H]1C(O)CC(=O)C1C/C=C\CCCC(=O)O. The summed E-state index contributed by atoms with van der Waals surface area (Å²) in [5, 5.41) is 18.7. The van der Waals surface area contributed by atoms with E-state index in [1.165, 1.54) is 0 Å². The zero-order chi connectivity index (χ0) is 19.5. The number of aliphatic hydroxyl groups excluding tert-OH is 1. The first-order valence-corrected chi connectivity index (χ1v) is 9.61. The van der Waals surface area contributed by atoms with Crippen LogP contribution in [0.15, 0.2) is 12.2 Å². The molecule has 6 heteroatoms. The minimum Gasteiger partial charge on any atom is -0.481 e. The molecule has 0 spiro atoms. The third kappa shape index (κ3) is 7.77. The van der Waals surface area contributed by atoms with Gasteiger partial charge < -0.3 is 10.2 Å². The van der Waals surface area contributed by atoms with E-state index in [0.717, 1.165) is 6.42 Å². The Balaban J connectivity index is 2.46. The van der Waals surface area contributed by atoms with Gasteiger partial charge >= 0.3 is 5.97 Å². The van der Waals surface area contributed by atoms with Crippen molar-refractivity contribution in [1.82, 2.24) is 0 Å². The van der Waals surface area contributed by atoms with Crippen molar-refractivity contribution in [1.29, 1.82) is 0 Å². The molecule has 0 heterocycles. The number of hydrogen-bond acceptors (Lipinski definition) is 4. The summed E-state index contributed by atoms with van der Waals surface area (Å²) in [6.07, 6.45) is 5.45. The summed E-state index contributed by atoms with van der Waals surface area (Å²) >= 11 is 0.